The van der Waals surface area contributed by atoms with Gasteiger partial charge in [0, 0.05) is 29.3 Å². The molecule has 1 rings (SSSR count). The topological polar surface area (TPSA) is 20.3 Å². The van der Waals surface area contributed by atoms with Gasteiger partial charge in [0.25, 0.3) is 0 Å². The normalized spacial score (nSPS) is 11.2. The van der Waals surface area contributed by atoms with Crippen LogP contribution in [0.15, 0.2) is 34.9 Å². The molecule has 0 saturated heterocycles. The van der Waals surface area contributed by atoms with Gasteiger partial charge < -0.3 is 4.90 Å². The fourth-order valence-electron chi connectivity index (χ4n) is 1.90. The minimum absolute atomic E-state index is 0.229. The van der Waals surface area contributed by atoms with Crippen LogP contribution in [-0.2, 0) is 6.54 Å². The van der Waals surface area contributed by atoms with Crippen LogP contribution in [0.25, 0.3) is 0 Å². The molecule has 19 heavy (non-hydrogen) atoms. The molecule has 0 unspecified atom stereocenters. The summed E-state index contributed by atoms with van der Waals surface area (Å²) in [5.41, 5.74) is 3.14. The molecule has 0 aliphatic heterocycles. The summed E-state index contributed by atoms with van der Waals surface area (Å²) in [4.78, 5) is 13.0. The zero-order chi connectivity index (χ0) is 14.6. The third kappa shape index (κ3) is 5.19. The minimum Gasteiger partial charge on any atom is -0.374 e. The van der Waals surface area contributed by atoms with E-state index >= 15 is 0 Å². The number of rotatable bonds is 5. The summed E-state index contributed by atoms with van der Waals surface area (Å²) in [5.74, 6) is 0. The molecule has 0 amide bonds. The van der Waals surface area contributed by atoms with E-state index in [0.29, 0.717) is 5.56 Å². The van der Waals surface area contributed by atoms with Gasteiger partial charge in [-0.1, -0.05) is 49.3 Å². The highest BCUT2D eigenvalue weighted by molar-refractivity contribution is 9.10. The summed E-state index contributed by atoms with van der Waals surface area (Å²) in [6.07, 6.45) is 1.83. The number of aldehydes is 1. The fourth-order valence-corrected chi connectivity index (χ4v) is 2.28. The van der Waals surface area contributed by atoms with E-state index in [9.17, 15) is 4.79 Å². The number of hydrogen-bond donors (Lipinski definition) is 0. The molecule has 0 spiro atoms. The smallest absolute Gasteiger partial charge is 0.150 e. The summed E-state index contributed by atoms with van der Waals surface area (Å²) < 4.78 is 1.02. The molecule has 2 nitrogen and oxygen atoms in total. The highest BCUT2D eigenvalue weighted by Crippen LogP contribution is 2.26. The van der Waals surface area contributed by atoms with Gasteiger partial charge in [0.05, 0.1) is 0 Å². The van der Waals surface area contributed by atoms with Crippen molar-refractivity contribution in [2.24, 2.45) is 5.41 Å². The minimum atomic E-state index is 0.229. The fraction of sp³-hybridized carbons (Fsp3) is 0.438. The summed E-state index contributed by atoms with van der Waals surface area (Å²) in [7, 11) is 2.04. The standard InChI is InChI=1S/C16H22BrNO/c1-12(9-16(2,3)4)18(5)10-14-8-13(11-19)6-7-15(14)17/h6-8,11H,1,9-10H2,2-5H3. The van der Waals surface area contributed by atoms with E-state index in [2.05, 4.69) is 48.2 Å². The molecule has 0 aliphatic rings. The lowest BCUT2D eigenvalue weighted by atomic mass is 9.90. The Kier molecular flexibility index (Phi) is 5.36. The van der Waals surface area contributed by atoms with Crippen LogP contribution in [0.1, 0.15) is 43.1 Å². The van der Waals surface area contributed by atoms with Gasteiger partial charge >= 0.3 is 0 Å². The summed E-state index contributed by atoms with van der Waals surface area (Å²) in [6, 6.07) is 5.64. The molecule has 1 aromatic carbocycles. The molecule has 0 aliphatic carbocycles. The molecule has 0 aromatic heterocycles. The van der Waals surface area contributed by atoms with Gasteiger partial charge in [0.15, 0.2) is 0 Å². The molecule has 3 heteroatoms. The van der Waals surface area contributed by atoms with E-state index in [-0.39, 0.29) is 5.41 Å². The number of nitrogens with zero attached hydrogens (tertiary/aromatic N) is 1. The van der Waals surface area contributed by atoms with Crippen LogP contribution in [0, 0.1) is 5.41 Å². The van der Waals surface area contributed by atoms with Crippen LogP contribution in [0.5, 0.6) is 0 Å². The van der Waals surface area contributed by atoms with Crippen LogP contribution < -0.4 is 0 Å². The Balaban J connectivity index is 2.79. The average Bonchev–Trinajstić information content (AvgIpc) is 2.29. The van der Waals surface area contributed by atoms with Crippen LogP contribution >= 0.6 is 15.9 Å². The number of benzene rings is 1. The van der Waals surface area contributed by atoms with E-state index in [1.54, 1.807) is 0 Å². The maximum atomic E-state index is 10.8. The van der Waals surface area contributed by atoms with E-state index < -0.39 is 0 Å². The third-order valence-corrected chi connectivity index (χ3v) is 3.66. The van der Waals surface area contributed by atoms with Crippen molar-refractivity contribution in [1.29, 1.82) is 0 Å². The quantitative estimate of drug-likeness (QED) is 0.735. The van der Waals surface area contributed by atoms with Crippen molar-refractivity contribution in [1.82, 2.24) is 4.90 Å². The van der Waals surface area contributed by atoms with Gasteiger partial charge in [0.1, 0.15) is 6.29 Å². The van der Waals surface area contributed by atoms with Crippen molar-refractivity contribution >= 4 is 22.2 Å². The third-order valence-electron chi connectivity index (χ3n) is 2.89. The van der Waals surface area contributed by atoms with Gasteiger partial charge in [-0.25, -0.2) is 0 Å². The lowest BCUT2D eigenvalue weighted by Gasteiger charge is -2.28. The van der Waals surface area contributed by atoms with Crippen molar-refractivity contribution in [2.75, 3.05) is 7.05 Å². The zero-order valence-electron chi connectivity index (χ0n) is 12.2. The van der Waals surface area contributed by atoms with Gasteiger partial charge in [0.2, 0.25) is 0 Å². The Hall–Kier alpha value is -1.09. The molecular weight excluding hydrogens is 302 g/mol. The highest BCUT2D eigenvalue weighted by Gasteiger charge is 2.15. The second kappa shape index (κ2) is 6.38. The molecule has 0 N–H and O–H groups in total. The molecule has 0 radical (unpaired) electrons. The van der Waals surface area contributed by atoms with Crippen LogP contribution in [-0.4, -0.2) is 18.2 Å². The Morgan fingerprint density at radius 2 is 2.05 bits per heavy atom. The first-order valence-electron chi connectivity index (χ1n) is 6.35. The number of carbonyl (C=O) groups is 1. The van der Waals surface area contributed by atoms with Crippen LogP contribution in [0.4, 0.5) is 0 Å². The van der Waals surface area contributed by atoms with Crippen molar-refractivity contribution in [3.05, 3.63) is 46.1 Å². The van der Waals surface area contributed by atoms with Crippen molar-refractivity contribution in [3.63, 3.8) is 0 Å². The first kappa shape index (κ1) is 16.0. The second-order valence-electron chi connectivity index (χ2n) is 6.13. The van der Waals surface area contributed by atoms with E-state index in [4.69, 9.17) is 0 Å². The molecule has 0 heterocycles. The monoisotopic (exact) mass is 323 g/mol. The molecule has 0 saturated carbocycles. The maximum Gasteiger partial charge on any atom is 0.150 e. The highest BCUT2D eigenvalue weighted by atomic mass is 79.9. The number of allylic oxidation sites excluding steroid dienone is 1. The predicted octanol–water partition coefficient (Wildman–Crippen LogP) is 4.64. The van der Waals surface area contributed by atoms with Crippen molar-refractivity contribution in [3.8, 4) is 0 Å². The Morgan fingerprint density at radius 1 is 1.42 bits per heavy atom. The molecule has 104 valence electrons. The number of carbonyl (C=O) groups excluding carboxylic acids is 1. The van der Waals surface area contributed by atoms with Crippen molar-refractivity contribution in [2.45, 2.75) is 33.7 Å². The second-order valence-corrected chi connectivity index (χ2v) is 6.98. The molecular formula is C16H22BrNO. The summed E-state index contributed by atoms with van der Waals surface area (Å²) >= 11 is 3.53. The number of hydrogen-bond acceptors (Lipinski definition) is 2. The predicted molar refractivity (Wildman–Crippen MR) is 84.2 cm³/mol. The van der Waals surface area contributed by atoms with Crippen molar-refractivity contribution < 1.29 is 4.79 Å². The number of halogens is 1. The zero-order valence-corrected chi connectivity index (χ0v) is 13.8. The maximum absolute atomic E-state index is 10.8. The van der Waals surface area contributed by atoms with Gasteiger partial charge in [-0.2, -0.15) is 0 Å². The average molecular weight is 324 g/mol. The molecule has 0 bridgehead atoms. The SMILES string of the molecule is C=C(CC(C)(C)C)N(C)Cc1cc(C=O)ccc1Br. The van der Waals surface area contributed by atoms with Gasteiger partial charge in [-0.3, -0.25) is 4.79 Å². The van der Waals surface area contributed by atoms with Gasteiger partial charge in [-0.15, -0.1) is 0 Å². The summed E-state index contributed by atoms with van der Waals surface area (Å²) in [6.45, 7) is 11.5. The van der Waals surface area contributed by atoms with Crippen LogP contribution in [0.2, 0.25) is 0 Å². The van der Waals surface area contributed by atoms with E-state index in [1.807, 2.05) is 25.2 Å². The Bertz CT molecular complexity index is 474. The van der Waals surface area contributed by atoms with E-state index in [0.717, 1.165) is 35.0 Å². The molecule has 1 aromatic rings. The first-order chi connectivity index (χ1) is 8.73. The lowest BCUT2D eigenvalue weighted by molar-refractivity contribution is 0.112. The van der Waals surface area contributed by atoms with Crippen LogP contribution in [0.3, 0.4) is 0 Å². The largest absolute Gasteiger partial charge is 0.374 e. The Labute approximate surface area is 124 Å². The van der Waals surface area contributed by atoms with E-state index in [1.165, 1.54) is 0 Å². The summed E-state index contributed by atoms with van der Waals surface area (Å²) in [5, 5.41) is 0. The van der Waals surface area contributed by atoms with Gasteiger partial charge in [-0.05, 0) is 29.5 Å². The molecule has 0 fully saturated rings. The Morgan fingerprint density at radius 3 is 2.58 bits per heavy atom. The molecule has 0 atom stereocenters. The first-order valence-corrected chi connectivity index (χ1v) is 7.15. The lowest BCUT2D eigenvalue weighted by Crippen LogP contribution is -2.21.